The highest BCUT2D eigenvalue weighted by Crippen LogP contribution is 2.39. The lowest BCUT2D eigenvalue weighted by Crippen LogP contribution is -2.18. The molecule has 0 bridgehead atoms. The average Bonchev–Trinajstić information content (AvgIpc) is 3.32. The number of hydrogen-bond donors (Lipinski definition) is 2. The van der Waals surface area contributed by atoms with Crippen LogP contribution in [0.1, 0.15) is 44.4 Å². The van der Waals surface area contributed by atoms with Gasteiger partial charge in [-0.3, -0.25) is 0 Å². The van der Waals surface area contributed by atoms with E-state index in [4.69, 9.17) is 18.6 Å². The van der Waals surface area contributed by atoms with Gasteiger partial charge < -0.3 is 28.7 Å². The lowest BCUT2D eigenvalue weighted by Gasteiger charge is -2.20. The molecule has 0 spiro atoms. The quantitative estimate of drug-likeness (QED) is 0.230. The first kappa shape index (κ1) is 26.6. The predicted molar refractivity (Wildman–Crippen MR) is 151 cm³/mol. The fourth-order valence-electron chi connectivity index (χ4n) is 5.02. The molecule has 2 N–H and O–H groups in total. The molecule has 5 rings (SSSR count). The van der Waals surface area contributed by atoms with Gasteiger partial charge in [-0.2, -0.15) is 0 Å². The maximum Gasteiger partial charge on any atom is 0.343 e. The maximum absolute atomic E-state index is 13.2. The second kappa shape index (κ2) is 11.4. The van der Waals surface area contributed by atoms with E-state index in [0.29, 0.717) is 34.9 Å². The lowest BCUT2D eigenvalue weighted by molar-refractivity contribution is 0.0505. The molecule has 0 saturated heterocycles. The smallest absolute Gasteiger partial charge is 0.343 e. The first-order valence-electron chi connectivity index (χ1n) is 12.8. The van der Waals surface area contributed by atoms with Gasteiger partial charge in [0, 0.05) is 29.1 Å². The number of benzene rings is 3. The minimum atomic E-state index is -0.699. The number of methoxy groups -OCH3 is 2. The van der Waals surface area contributed by atoms with Gasteiger partial charge in [-0.05, 0) is 48.4 Å². The molecular formula is C32H29NO7. The van der Waals surface area contributed by atoms with Crippen LogP contribution in [0.5, 0.6) is 17.2 Å². The maximum atomic E-state index is 13.2. The molecule has 1 atom stereocenters. The fraction of sp³-hybridized carbons (Fsp3) is 0.188. The molecule has 1 unspecified atom stereocenters. The van der Waals surface area contributed by atoms with Gasteiger partial charge in [0.15, 0.2) is 0 Å². The number of aryl methyl sites for hydroxylation is 1. The van der Waals surface area contributed by atoms with E-state index in [9.17, 15) is 14.7 Å². The van der Waals surface area contributed by atoms with Crippen molar-refractivity contribution in [2.24, 2.45) is 0 Å². The molecule has 3 aromatic carbocycles. The van der Waals surface area contributed by atoms with E-state index in [-0.39, 0.29) is 17.9 Å². The molecule has 2 heterocycles. The summed E-state index contributed by atoms with van der Waals surface area (Å²) in [6.07, 6.45) is 0.352. The predicted octanol–water partition coefficient (Wildman–Crippen LogP) is 5.73. The molecule has 0 aliphatic heterocycles. The third kappa shape index (κ3) is 5.16. The van der Waals surface area contributed by atoms with E-state index in [1.54, 1.807) is 50.4 Å². The molecule has 2 aromatic heterocycles. The van der Waals surface area contributed by atoms with Crippen LogP contribution in [0.3, 0.4) is 0 Å². The van der Waals surface area contributed by atoms with Gasteiger partial charge in [-0.15, -0.1) is 0 Å². The van der Waals surface area contributed by atoms with Gasteiger partial charge in [0.1, 0.15) is 28.6 Å². The second-order valence-electron chi connectivity index (χ2n) is 9.30. The highest BCUT2D eigenvalue weighted by molar-refractivity contribution is 5.92. The Morgan fingerprint density at radius 2 is 1.70 bits per heavy atom. The number of H-pyrrole nitrogens is 1. The van der Waals surface area contributed by atoms with E-state index >= 15 is 0 Å². The number of aromatic amines is 1. The molecule has 40 heavy (non-hydrogen) atoms. The number of ether oxygens (including phenoxy) is 3. The van der Waals surface area contributed by atoms with Crippen molar-refractivity contribution in [2.45, 2.75) is 19.3 Å². The van der Waals surface area contributed by atoms with Gasteiger partial charge in [-0.1, -0.05) is 42.5 Å². The highest BCUT2D eigenvalue weighted by Gasteiger charge is 2.29. The Labute approximate surface area is 230 Å². The van der Waals surface area contributed by atoms with E-state index in [1.807, 2.05) is 36.4 Å². The van der Waals surface area contributed by atoms with Gasteiger partial charge >= 0.3 is 11.6 Å². The number of para-hydroxylation sites is 2. The van der Waals surface area contributed by atoms with Gasteiger partial charge in [0.05, 0.1) is 32.3 Å². The summed E-state index contributed by atoms with van der Waals surface area (Å²) < 4.78 is 21.7. The van der Waals surface area contributed by atoms with Gasteiger partial charge in [0.25, 0.3) is 0 Å². The van der Waals surface area contributed by atoms with Crippen molar-refractivity contribution in [3.05, 3.63) is 123 Å². The van der Waals surface area contributed by atoms with Crippen molar-refractivity contribution in [1.29, 1.82) is 0 Å². The van der Waals surface area contributed by atoms with Crippen molar-refractivity contribution in [3.63, 3.8) is 0 Å². The number of rotatable bonds is 9. The van der Waals surface area contributed by atoms with Crippen LogP contribution in [0.2, 0.25) is 0 Å². The molecule has 8 heteroatoms. The Bertz CT molecular complexity index is 1720. The average molecular weight is 540 g/mol. The Morgan fingerprint density at radius 1 is 0.975 bits per heavy atom. The van der Waals surface area contributed by atoms with Crippen LogP contribution in [0, 0.1) is 6.92 Å². The van der Waals surface area contributed by atoms with Crippen LogP contribution >= 0.6 is 0 Å². The molecule has 8 nitrogen and oxygen atoms in total. The van der Waals surface area contributed by atoms with E-state index in [2.05, 4.69) is 4.98 Å². The summed E-state index contributed by atoms with van der Waals surface area (Å²) in [4.78, 5) is 29.5. The Kier molecular flexibility index (Phi) is 7.59. The molecular weight excluding hydrogens is 510 g/mol. The summed E-state index contributed by atoms with van der Waals surface area (Å²) in [7, 11) is 3.08. The fourth-order valence-corrected chi connectivity index (χ4v) is 5.02. The van der Waals surface area contributed by atoms with Crippen LogP contribution in [-0.4, -0.2) is 36.9 Å². The topological polar surface area (TPSA) is 111 Å². The number of carbonyl (C=O) groups excluding carboxylic acids is 1. The lowest BCUT2D eigenvalue weighted by atomic mass is 9.86. The van der Waals surface area contributed by atoms with E-state index in [0.717, 1.165) is 22.0 Å². The van der Waals surface area contributed by atoms with E-state index < -0.39 is 17.5 Å². The molecule has 204 valence electrons. The molecule has 0 fully saturated rings. The summed E-state index contributed by atoms with van der Waals surface area (Å²) in [6, 6.07) is 23.3. The largest absolute Gasteiger partial charge is 0.507 e. The van der Waals surface area contributed by atoms with Crippen molar-refractivity contribution >= 4 is 16.9 Å². The number of esters is 1. The summed E-state index contributed by atoms with van der Waals surface area (Å²) in [5, 5.41) is 11.9. The Balaban J connectivity index is 1.59. The normalized spacial score (nSPS) is 11.8. The second-order valence-corrected chi connectivity index (χ2v) is 9.30. The minimum Gasteiger partial charge on any atom is -0.507 e. The van der Waals surface area contributed by atoms with Gasteiger partial charge in [0.2, 0.25) is 0 Å². The van der Waals surface area contributed by atoms with E-state index in [1.165, 1.54) is 13.2 Å². The number of hydrogen-bond acceptors (Lipinski definition) is 7. The van der Waals surface area contributed by atoms with Crippen LogP contribution < -0.4 is 15.1 Å². The Morgan fingerprint density at radius 3 is 2.42 bits per heavy atom. The first-order valence-corrected chi connectivity index (χ1v) is 12.8. The van der Waals surface area contributed by atoms with Crippen molar-refractivity contribution < 1.29 is 28.5 Å². The third-order valence-electron chi connectivity index (χ3n) is 6.87. The zero-order valence-electron chi connectivity index (χ0n) is 22.4. The number of nitrogens with one attached hydrogen (secondary N) is 1. The van der Waals surface area contributed by atoms with Crippen LogP contribution in [0.4, 0.5) is 0 Å². The summed E-state index contributed by atoms with van der Waals surface area (Å²) in [5.41, 5.74) is 2.93. The first-order chi connectivity index (χ1) is 19.4. The van der Waals surface area contributed by atoms with Crippen molar-refractivity contribution in [2.75, 3.05) is 20.8 Å². The SMILES string of the molecule is COc1ccc(C(c2[nH]c3ccccc3c2CCOC(=O)c2ccccc2OC)c2c(O)cc(C)oc2=O)cc1. The summed E-state index contributed by atoms with van der Waals surface area (Å²) in [6.45, 7) is 1.69. The molecule has 0 amide bonds. The third-order valence-corrected chi connectivity index (χ3v) is 6.87. The molecule has 0 radical (unpaired) electrons. The highest BCUT2D eigenvalue weighted by atomic mass is 16.5. The number of fused-ring (bicyclic) bond motifs is 1. The standard InChI is InChI=1S/C32H29NO7/c1-19-18-26(34)29(32(36)40-19)28(20-12-14-21(37-2)15-13-20)30-23(22-8-4-6-10-25(22)33-30)16-17-39-31(35)24-9-5-7-11-27(24)38-3/h4-15,18,28,33-34H,16-17H2,1-3H3. The summed E-state index contributed by atoms with van der Waals surface area (Å²) >= 11 is 0. The number of carbonyl (C=O) groups is 1. The number of aromatic nitrogens is 1. The zero-order valence-corrected chi connectivity index (χ0v) is 22.4. The molecule has 0 aliphatic carbocycles. The van der Waals surface area contributed by atoms with Crippen LogP contribution in [0.15, 0.2) is 88.1 Å². The van der Waals surface area contributed by atoms with Crippen LogP contribution in [0.25, 0.3) is 10.9 Å². The molecule has 0 aliphatic rings. The number of aromatic hydroxyl groups is 1. The molecule has 0 saturated carbocycles. The van der Waals surface area contributed by atoms with Gasteiger partial charge in [-0.25, -0.2) is 9.59 Å². The summed E-state index contributed by atoms with van der Waals surface area (Å²) in [5.74, 6) is 0.0308. The molecule has 5 aromatic rings. The zero-order chi connectivity index (χ0) is 28.2. The monoisotopic (exact) mass is 539 g/mol. The van der Waals surface area contributed by atoms with Crippen molar-refractivity contribution in [3.8, 4) is 17.2 Å². The van der Waals surface area contributed by atoms with Crippen molar-refractivity contribution in [1.82, 2.24) is 4.98 Å². The van der Waals surface area contributed by atoms with Crippen LogP contribution in [-0.2, 0) is 11.2 Å². The Hall–Kier alpha value is -4.98. The minimum absolute atomic E-state index is 0.0789.